The highest BCUT2D eigenvalue weighted by atomic mass is 35.5. The molecule has 0 aliphatic carbocycles. The van der Waals surface area contributed by atoms with Crippen molar-refractivity contribution < 1.29 is 9.21 Å². The summed E-state index contributed by atoms with van der Waals surface area (Å²) in [6.45, 7) is 6.40. The van der Waals surface area contributed by atoms with Crippen LogP contribution < -0.4 is 10.6 Å². The first kappa shape index (κ1) is 22.2. The Morgan fingerprint density at radius 2 is 2.03 bits per heavy atom. The summed E-state index contributed by atoms with van der Waals surface area (Å²) in [5, 5.41) is 6.37. The first-order valence-electron chi connectivity index (χ1n) is 10.2. The van der Waals surface area contributed by atoms with Crippen LogP contribution in [0.5, 0.6) is 0 Å². The number of oxazole rings is 1. The van der Waals surface area contributed by atoms with E-state index in [0.717, 1.165) is 35.9 Å². The van der Waals surface area contributed by atoms with Crippen LogP contribution in [0.4, 0.5) is 5.69 Å². The second-order valence-electron chi connectivity index (χ2n) is 7.36. The second-order valence-corrected chi connectivity index (χ2v) is 8.17. The summed E-state index contributed by atoms with van der Waals surface area (Å²) in [5.74, 6) is 0.857. The molecule has 0 fully saturated rings. The van der Waals surface area contributed by atoms with Gasteiger partial charge in [-0.15, -0.1) is 0 Å². The van der Waals surface area contributed by atoms with Crippen molar-refractivity contribution in [2.75, 3.05) is 5.32 Å². The van der Waals surface area contributed by atoms with E-state index in [1.165, 1.54) is 5.56 Å². The molecular weight excluding hydrogens is 418 g/mol. The number of carbonyl (C=O) groups is 1. The topological polar surface area (TPSA) is 67.2 Å². The van der Waals surface area contributed by atoms with Gasteiger partial charge in [0, 0.05) is 12.0 Å². The van der Waals surface area contributed by atoms with Gasteiger partial charge in [-0.05, 0) is 66.9 Å². The minimum atomic E-state index is -0.113. The van der Waals surface area contributed by atoms with Gasteiger partial charge in [-0.2, -0.15) is 0 Å². The molecule has 0 bridgehead atoms. The van der Waals surface area contributed by atoms with E-state index < -0.39 is 0 Å². The molecule has 1 unspecified atom stereocenters. The number of aromatic nitrogens is 1. The van der Waals surface area contributed by atoms with E-state index in [1.807, 2.05) is 25.1 Å². The van der Waals surface area contributed by atoms with Crippen molar-refractivity contribution in [3.05, 3.63) is 47.0 Å². The number of nitrogens with zero attached hydrogens (tertiary/aromatic N) is 1. The quantitative estimate of drug-likeness (QED) is 0.399. The third-order valence-electron chi connectivity index (χ3n) is 5.06. The van der Waals surface area contributed by atoms with Crippen LogP contribution in [0, 0.1) is 0 Å². The fraction of sp³-hybridized carbons (Fsp3) is 0.348. The number of amides is 1. The standard InChI is InChI=1S/C23H26ClN3O2S/c1-4-6-7-21(28)27-23(30)26-18-13-16(8-10-17(18)24)22-25-19-12-15(14(3)5-2)9-11-20(19)29-22/h8-14H,4-7H2,1-3H3,(H2,26,27,28,30). The molecule has 0 aliphatic rings. The van der Waals surface area contributed by atoms with Gasteiger partial charge in [-0.3, -0.25) is 4.79 Å². The number of anilines is 1. The zero-order chi connectivity index (χ0) is 21.7. The van der Waals surface area contributed by atoms with Gasteiger partial charge in [0.15, 0.2) is 10.7 Å². The first-order chi connectivity index (χ1) is 14.4. The number of fused-ring (bicyclic) bond motifs is 1. The maximum absolute atomic E-state index is 11.9. The zero-order valence-corrected chi connectivity index (χ0v) is 19.0. The summed E-state index contributed by atoms with van der Waals surface area (Å²) in [6.07, 6.45) is 3.27. The van der Waals surface area contributed by atoms with Gasteiger partial charge in [0.25, 0.3) is 0 Å². The average molecular weight is 444 g/mol. The number of carbonyl (C=O) groups excluding carboxylic acids is 1. The smallest absolute Gasteiger partial charge is 0.227 e. The molecule has 158 valence electrons. The number of unbranched alkanes of at least 4 members (excludes halogenated alkanes) is 1. The van der Waals surface area contributed by atoms with E-state index in [2.05, 4.69) is 41.6 Å². The Balaban J connectivity index is 1.80. The molecule has 30 heavy (non-hydrogen) atoms. The minimum absolute atomic E-state index is 0.113. The lowest BCUT2D eigenvalue weighted by Crippen LogP contribution is -2.33. The van der Waals surface area contributed by atoms with Crippen LogP contribution in [-0.4, -0.2) is 16.0 Å². The van der Waals surface area contributed by atoms with Crippen LogP contribution in [0.3, 0.4) is 0 Å². The molecule has 1 heterocycles. The predicted molar refractivity (Wildman–Crippen MR) is 127 cm³/mol. The van der Waals surface area contributed by atoms with E-state index >= 15 is 0 Å². The normalized spacial score (nSPS) is 12.0. The highest BCUT2D eigenvalue weighted by Gasteiger charge is 2.13. The molecule has 0 radical (unpaired) electrons. The Hall–Kier alpha value is -2.44. The number of nitrogens with one attached hydrogen (secondary N) is 2. The zero-order valence-electron chi connectivity index (χ0n) is 17.4. The van der Waals surface area contributed by atoms with Crippen molar-refractivity contribution in [1.82, 2.24) is 10.3 Å². The molecule has 0 aliphatic heterocycles. The SMILES string of the molecule is CCCCC(=O)NC(=S)Nc1cc(-c2nc3cc(C(C)CC)ccc3o2)ccc1Cl. The Morgan fingerprint density at radius 1 is 1.23 bits per heavy atom. The van der Waals surface area contributed by atoms with Gasteiger partial charge >= 0.3 is 0 Å². The maximum atomic E-state index is 11.9. The van der Waals surface area contributed by atoms with Crippen LogP contribution in [-0.2, 0) is 4.79 Å². The van der Waals surface area contributed by atoms with Crippen LogP contribution in [0.1, 0.15) is 57.9 Å². The first-order valence-corrected chi connectivity index (χ1v) is 11.0. The lowest BCUT2D eigenvalue weighted by atomic mass is 9.98. The molecule has 0 spiro atoms. The van der Waals surface area contributed by atoms with E-state index in [0.29, 0.717) is 28.9 Å². The molecule has 7 heteroatoms. The molecule has 2 aromatic carbocycles. The summed E-state index contributed by atoms with van der Waals surface area (Å²) in [5.41, 5.74) is 4.15. The van der Waals surface area contributed by atoms with Gasteiger partial charge in [0.05, 0.1) is 10.7 Å². The van der Waals surface area contributed by atoms with Gasteiger partial charge in [-0.1, -0.05) is 44.9 Å². The highest BCUT2D eigenvalue weighted by molar-refractivity contribution is 7.80. The Labute approximate surface area is 187 Å². The highest BCUT2D eigenvalue weighted by Crippen LogP contribution is 2.31. The average Bonchev–Trinajstić information content (AvgIpc) is 3.16. The summed E-state index contributed by atoms with van der Waals surface area (Å²) >= 11 is 11.6. The Morgan fingerprint density at radius 3 is 2.77 bits per heavy atom. The van der Waals surface area contributed by atoms with E-state index in [-0.39, 0.29) is 11.0 Å². The van der Waals surface area contributed by atoms with Crippen LogP contribution in [0.15, 0.2) is 40.8 Å². The fourth-order valence-electron chi connectivity index (χ4n) is 3.04. The van der Waals surface area contributed by atoms with E-state index in [1.54, 1.807) is 6.07 Å². The van der Waals surface area contributed by atoms with Crippen molar-refractivity contribution in [3.63, 3.8) is 0 Å². The molecule has 3 aromatic rings. The molecule has 1 amide bonds. The van der Waals surface area contributed by atoms with Crippen molar-refractivity contribution in [2.45, 2.75) is 52.4 Å². The molecule has 1 atom stereocenters. The van der Waals surface area contributed by atoms with Gasteiger partial charge in [-0.25, -0.2) is 4.98 Å². The van der Waals surface area contributed by atoms with Crippen LogP contribution in [0.25, 0.3) is 22.6 Å². The fourth-order valence-corrected chi connectivity index (χ4v) is 3.43. The number of hydrogen-bond donors (Lipinski definition) is 2. The van der Waals surface area contributed by atoms with Gasteiger partial charge in [0.2, 0.25) is 11.8 Å². The summed E-state index contributed by atoms with van der Waals surface area (Å²) in [4.78, 5) is 16.5. The molecule has 3 rings (SSSR count). The third kappa shape index (κ3) is 5.37. The third-order valence-corrected chi connectivity index (χ3v) is 5.60. The lowest BCUT2D eigenvalue weighted by Gasteiger charge is -2.11. The molecule has 5 nitrogen and oxygen atoms in total. The second kappa shape index (κ2) is 10.0. The van der Waals surface area contributed by atoms with Gasteiger partial charge in [0.1, 0.15) is 5.52 Å². The van der Waals surface area contributed by atoms with E-state index in [4.69, 9.17) is 28.2 Å². The van der Waals surface area contributed by atoms with Crippen molar-refractivity contribution in [3.8, 4) is 11.5 Å². The van der Waals surface area contributed by atoms with Gasteiger partial charge < -0.3 is 15.1 Å². The molecule has 2 N–H and O–H groups in total. The van der Waals surface area contributed by atoms with E-state index in [9.17, 15) is 4.79 Å². The van der Waals surface area contributed by atoms with Crippen molar-refractivity contribution in [1.29, 1.82) is 0 Å². The predicted octanol–water partition coefficient (Wildman–Crippen LogP) is 6.66. The Bertz CT molecular complexity index is 1060. The molecule has 1 aromatic heterocycles. The minimum Gasteiger partial charge on any atom is -0.436 e. The lowest BCUT2D eigenvalue weighted by molar-refractivity contribution is -0.119. The summed E-state index contributed by atoms with van der Waals surface area (Å²) < 4.78 is 5.95. The number of rotatable bonds is 7. The summed E-state index contributed by atoms with van der Waals surface area (Å²) in [6, 6.07) is 11.5. The van der Waals surface area contributed by atoms with Crippen LogP contribution in [0.2, 0.25) is 5.02 Å². The summed E-state index contributed by atoms with van der Waals surface area (Å²) in [7, 11) is 0. The Kier molecular flexibility index (Phi) is 7.45. The molecular formula is C23H26ClN3O2S. The largest absolute Gasteiger partial charge is 0.436 e. The maximum Gasteiger partial charge on any atom is 0.227 e. The molecule has 0 saturated heterocycles. The number of benzene rings is 2. The monoisotopic (exact) mass is 443 g/mol. The number of hydrogen-bond acceptors (Lipinski definition) is 4. The van der Waals surface area contributed by atoms with Crippen molar-refractivity contribution in [2.24, 2.45) is 0 Å². The number of halogens is 1. The van der Waals surface area contributed by atoms with Crippen LogP contribution >= 0.6 is 23.8 Å². The molecule has 0 saturated carbocycles. The van der Waals surface area contributed by atoms with Crippen molar-refractivity contribution >= 4 is 51.6 Å². The number of thiocarbonyl (C=S) groups is 1.